The van der Waals surface area contributed by atoms with Crippen LogP contribution < -0.4 is 0 Å². The van der Waals surface area contributed by atoms with Crippen molar-refractivity contribution in [2.24, 2.45) is 0 Å². The van der Waals surface area contributed by atoms with Crippen LogP contribution in [0.1, 0.15) is 30.4 Å². The molecule has 0 radical (unpaired) electrons. The van der Waals surface area contributed by atoms with Crippen LogP contribution in [0.2, 0.25) is 5.02 Å². The molecular formula is C15H16ClFO2. The first-order chi connectivity index (χ1) is 9.10. The topological polar surface area (TPSA) is 18.5 Å². The van der Waals surface area contributed by atoms with Gasteiger partial charge >= 0.3 is 0 Å². The van der Waals surface area contributed by atoms with E-state index < -0.39 is 5.79 Å². The van der Waals surface area contributed by atoms with E-state index in [-0.39, 0.29) is 10.8 Å². The first kappa shape index (κ1) is 13.1. The van der Waals surface area contributed by atoms with Crippen LogP contribution in [-0.2, 0) is 9.47 Å². The zero-order chi connectivity index (χ0) is 13.5. The molecule has 0 aromatic heterocycles. The molecule has 1 aromatic rings. The first-order valence-electron chi connectivity index (χ1n) is 6.53. The van der Waals surface area contributed by atoms with Crippen molar-refractivity contribution < 1.29 is 13.9 Å². The third-order valence-electron chi connectivity index (χ3n) is 3.86. The molecule has 1 spiro atoms. The summed E-state index contributed by atoms with van der Waals surface area (Å²) in [5.41, 5.74) is 3.09. The van der Waals surface area contributed by atoms with Crippen LogP contribution in [0.25, 0.3) is 5.57 Å². The summed E-state index contributed by atoms with van der Waals surface area (Å²) in [6.45, 7) is 3.28. The third kappa shape index (κ3) is 2.42. The summed E-state index contributed by atoms with van der Waals surface area (Å²) in [6, 6.07) is 3.21. The van der Waals surface area contributed by atoms with Crippen molar-refractivity contribution in [1.29, 1.82) is 0 Å². The maximum absolute atomic E-state index is 13.6. The van der Waals surface area contributed by atoms with Crippen molar-refractivity contribution in [2.45, 2.75) is 32.0 Å². The Balaban J connectivity index is 1.88. The second-order valence-corrected chi connectivity index (χ2v) is 5.53. The summed E-state index contributed by atoms with van der Waals surface area (Å²) in [5, 5.41) is 0.177. The van der Waals surface area contributed by atoms with E-state index in [9.17, 15) is 4.39 Å². The van der Waals surface area contributed by atoms with E-state index in [2.05, 4.69) is 6.08 Å². The van der Waals surface area contributed by atoms with Gasteiger partial charge in [-0.15, -0.1) is 0 Å². The molecule has 1 aliphatic carbocycles. The van der Waals surface area contributed by atoms with Crippen LogP contribution in [0.5, 0.6) is 0 Å². The number of ether oxygens (including phenoxy) is 2. The summed E-state index contributed by atoms with van der Waals surface area (Å²) in [7, 11) is 0. The lowest BCUT2D eigenvalue weighted by Crippen LogP contribution is -2.31. The van der Waals surface area contributed by atoms with E-state index in [4.69, 9.17) is 21.1 Å². The molecule has 102 valence electrons. The summed E-state index contributed by atoms with van der Waals surface area (Å²) in [6.07, 6.45) is 4.49. The van der Waals surface area contributed by atoms with Crippen molar-refractivity contribution in [1.82, 2.24) is 0 Å². The minimum atomic E-state index is -0.428. The maximum Gasteiger partial charge on any atom is 0.172 e. The average molecular weight is 283 g/mol. The van der Waals surface area contributed by atoms with E-state index in [1.54, 1.807) is 6.07 Å². The summed E-state index contributed by atoms with van der Waals surface area (Å²) in [4.78, 5) is 0. The zero-order valence-electron chi connectivity index (χ0n) is 10.8. The molecule has 0 N–H and O–H groups in total. The normalized spacial score (nSPS) is 21.7. The lowest BCUT2D eigenvalue weighted by molar-refractivity contribution is -0.159. The Morgan fingerprint density at radius 1 is 1.26 bits per heavy atom. The van der Waals surface area contributed by atoms with Crippen molar-refractivity contribution in [3.8, 4) is 0 Å². The minimum absolute atomic E-state index is 0.177. The van der Waals surface area contributed by atoms with Crippen LogP contribution >= 0.6 is 11.6 Å². The lowest BCUT2D eigenvalue weighted by atomic mass is 9.88. The van der Waals surface area contributed by atoms with E-state index in [1.807, 2.05) is 6.92 Å². The monoisotopic (exact) mass is 282 g/mol. The maximum atomic E-state index is 13.6. The standard InChI is InChI=1S/C15H16ClFO2/c1-10-8-13(16)14(17)9-12(10)11-2-4-15(5-3-11)18-6-7-19-15/h2,8-9H,3-7H2,1H3. The smallest absolute Gasteiger partial charge is 0.172 e. The molecule has 2 aliphatic rings. The summed E-state index contributed by atoms with van der Waals surface area (Å²) < 4.78 is 25.0. The Hall–Kier alpha value is -0.900. The number of benzene rings is 1. The van der Waals surface area contributed by atoms with E-state index >= 15 is 0 Å². The summed E-state index contributed by atoms with van der Waals surface area (Å²) >= 11 is 5.79. The molecule has 0 amide bonds. The van der Waals surface area contributed by atoms with Gasteiger partial charge < -0.3 is 9.47 Å². The highest BCUT2D eigenvalue weighted by molar-refractivity contribution is 6.30. The van der Waals surface area contributed by atoms with Gasteiger partial charge in [0, 0.05) is 12.8 Å². The molecule has 1 aliphatic heterocycles. The third-order valence-corrected chi connectivity index (χ3v) is 4.15. The van der Waals surface area contributed by atoms with Gasteiger partial charge in [-0.3, -0.25) is 0 Å². The van der Waals surface area contributed by atoms with Crippen molar-refractivity contribution in [2.75, 3.05) is 13.2 Å². The van der Waals surface area contributed by atoms with Gasteiger partial charge in [-0.1, -0.05) is 17.7 Å². The van der Waals surface area contributed by atoms with Gasteiger partial charge in [-0.25, -0.2) is 4.39 Å². The molecule has 1 aromatic carbocycles. The summed E-state index contributed by atoms with van der Waals surface area (Å²) in [5.74, 6) is -0.792. The minimum Gasteiger partial charge on any atom is -0.347 e. The number of rotatable bonds is 1. The average Bonchev–Trinajstić information content (AvgIpc) is 2.84. The van der Waals surface area contributed by atoms with Crippen LogP contribution in [0.15, 0.2) is 18.2 Å². The van der Waals surface area contributed by atoms with Crippen LogP contribution in [-0.4, -0.2) is 19.0 Å². The number of hydrogen-bond acceptors (Lipinski definition) is 2. The molecule has 0 bridgehead atoms. The number of allylic oxidation sites excluding steroid dienone is 1. The predicted octanol–water partition coefficient (Wildman–Crippen LogP) is 4.10. The quantitative estimate of drug-likeness (QED) is 0.772. The fraction of sp³-hybridized carbons (Fsp3) is 0.467. The predicted molar refractivity (Wildman–Crippen MR) is 72.6 cm³/mol. The molecule has 1 fully saturated rings. The fourth-order valence-corrected chi connectivity index (χ4v) is 3.02. The lowest BCUT2D eigenvalue weighted by Gasteiger charge is -2.31. The van der Waals surface area contributed by atoms with Crippen molar-refractivity contribution >= 4 is 17.2 Å². The highest BCUT2D eigenvalue weighted by Crippen LogP contribution is 2.39. The number of hydrogen-bond donors (Lipinski definition) is 0. The molecule has 1 saturated heterocycles. The highest BCUT2D eigenvalue weighted by atomic mass is 35.5. The van der Waals surface area contributed by atoms with Crippen LogP contribution in [0.3, 0.4) is 0 Å². The molecule has 4 heteroatoms. The molecule has 3 rings (SSSR count). The second-order valence-electron chi connectivity index (χ2n) is 5.12. The second kappa shape index (κ2) is 4.89. The number of halogens is 2. The van der Waals surface area contributed by atoms with Gasteiger partial charge in [0.2, 0.25) is 0 Å². The Kier molecular flexibility index (Phi) is 3.37. The van der Waals surface area contributed by atoms with Gasteiger partial charge in [0.1, 0.15) is 5.82 Å². The largest absolute Gasteiger partial charge is 0.347 e. The van der Waals surface area contributed by atoms with Crippen molar-refractivity contribution in [3.63, 3.8) is 0 Å². The Bertz CT molecular complexity index is 533. The van der Waals surface area contributed by atoms with Crippen LogP contribution in [0.4, 0.5) is 4.39 Å². The molecule has 0 saturated carbocycles. The van der Waals surface area contributed by atoms with E-state index in [0.29, 0.717) is 13.2 Å². The fourth-order valence-electron chi connectivity index (χ4n) is 2.80. The molecular weight excluding hydrogens is 267 g/mol. The SMILES string of the molecule is Cc1cc(Cl)c(F)cc1C1=CCC2(CC1)OCCO2. The molecule has 0 atom stereocenters. The van der Waals surface area contributed by atoms with Gasteiger partial charge in [0.15, 0.2) is 5.79 Å². The molecule has 2 nitrogen and oxygen atoms in total. The Labute approximate surface area is 117 Å². The number of aryl methyl sites for hydroxylation is 1. The molecule has 0 unspecified atom stereocenters. The van der Waals surface area contributed by atoms with Gasteiger partial charge in [0.05, 0.1) is 18.2 Å². The first-order valence-corrected chi connectivity index (χ1v) is 6.90. The Morgan fingerprint density at radius 2 is 2.00 bits per heavy atom. The van der Waals surface area contributed by atoms with Gasteiger partial charge in [-0.2, -0.15) is 0 Å². The van der Waals surface area contributed by atoms with Crippen molar-refractivity contribution in [3.05, 3.63) is 40.2 Å². The zero-order valence-corrected chi connectivity index (χ0v) is 11.6. The molecule has 19 heavy (non-hydrogen) atoms. The Morgan fingerprint density at radius 3 is 2.63 bits per heavy atom. The van der Waals surface area contributed by atoms with Gasteiger partial charge in [0.25, 0.3) is 0 Å². The molecule has 1 heterocycles. The van der Waals surface area contributed by atoms with Gasteiger partial charge in [-0.05, 0) is 42.2 Å². The van der Waals surface area contributed by atoms with E-state index in [1.165, 1.54) is 6.07 Å². The highest BCUT2D eigenvalue weighted by Gasteiger charge is 2.37. The van der Waals surface area contributed by atoms with Crippen LogP contribution in [0, 0.1) is 12.7 Å². The van der Waals surface area contributed by atoms with E-state index in [0.717, 1.165) is 36.0 Å².